The molecule has 0 unspecified atom stereocenters. The lowest BCUT2D eigenvalue weighted by molar-refractivity contribution is -0.141. The number of nitrogens with one attached hydrogen (secondary N) is 1. The third-order valence-corrected chi connectivity index (χ3v) is 6.61. The quantitative estimate of drug-likeness (QED) is 0.512. The number of nitrogens with zero attached hydrogens (tertiary/aromatic N) is 1. The summed E-state index contributed by atoms with van der Waals surface area (Å²) in [6.07, 6.45) is 7.04. The van der Waals surface area contributed by atoms with E-state index in [1.165, 1.54) is 6.42 Å². The summed E-state index contributed by atoms with van der Waals surface area (Å²) < 4.78 is 10.7. The average molecular weight is 467 g/mol. The molecule has 34 heavy (non-hydrogen) atoms. The molecule has 1 fully saturated rings. The molecule has 0 spiro atoms. The molecule has 1 aliphatic carbocycles. The second-order valence-electron chi connectivity index (χ2n) is 8.96. The van der Waals surface area contributed by atoms with Crippen molar-refractivity contribution in [2.75, 3.05) is 14.2 Å². The number of ether oxygens (including phenoxy) is 2. The highest BCUT2D eigenvalue weighted by molar-refractivity contribution is 5.88. The third kappa shape index (κ3) is 6.99. The fraction of sp³-hybridized carbons (Fsp3) is 0.500. The highest BCUT2D eigenvalue weighted by Gasteiger charge is 2.30. The molecule has 2 aromatic carbocycles. The highest BCUT2D eigenvalue weighted by atomic mass is 16.5. The molecule has 2 amide bonds. The van der Waals surface area contributed by atoms with E-state index in [0.29, 0.717) is 37.3 Å². The fourth-order valence-corrected chi connectivity index (χ4v) is 4.67. The summed E-state index contributed by atoms with van der Waals surface area (Å²) in [6, 6.07) is 15.3. The van der Waals surface area contributed by atoms with Gasteiger partial charge in [0.1, 0.15) is 6.04 Å². The predicted molar refractivity (Wildman–Crippen MR) is 134 cm³/mol. The molecule has 0 saturated heterocycles. The van der Waals surface area contributed by atoms with Gasteiger partial charge in [-0.25, -0.2) is 0 Å². The van der Waals surface area contributed by atoms with Crippen LogP contribution in [0, 0.1) is 0 Å². The van der Waals surface area contributed by atoms with Crippen molar-refractivity contribution in [2.45, 2.75) is 76.9 Å². The van der Waals surface area contributed by atoms with Gasteiger partial charge in [-0.15, -0.1) is 0 Å². The van der Waals surface area contributed by atoms with Gasteiger partial charge in [-0.2, -0.15) is 0 Å². The number of aryl methyl sites for hydroxylation is 1. The first kappa shape index (κ1) is 25.6. The monoisotopic (exact) mass is 466 g/mol. The maximum atomic E-state index is 13.5. The zero-order valence-corrected chi connectivity index (χ0v) is 20.7. The fourth-order valence-electron chi connectivity index (χ4n) is 4.67. The van der Waals surface area contributed by atoms with E-state index in [1.807, 2.05) is 55.5 Å². The Hall–Kier alpha value is -3.02. The largest absolute Gasteiger partial charge is 0.493 e. The maximum absolute atomic E-state index is 13.5. The number of methoxy groups -OCH3 is 2. The van der Waals surface area contributed by atoms with Crippen LogP contribution < -0.4 is 14.8 Å². The summed E-state index contributed by atoms with van der Waals surface area (Å²) in [5.41, 5.74) is 2.01. The number of benzene rings is 2. The molecule has 0 aromatic heterocycles. The number of carbonyl (C=O) groups excluding carboxylic acids is 2. The van der Waals surface area contributed by atoms with Crippen molar-refractivity contribution in [1.29, 1.82) is 0 Å². The van der Waals surface area contributed by atoms with Crippen LogP contribution in [0.25, 0.3) is 0 Å². The Labute approximate surface area is 203 Å². The molecular formula is C28H38N2O4. The number of amides is 2. The predicted octanol–water partition coefficient (Wildman–Crippen LogP) is 4.89. The Balaban J connectivity index is 1.74. The zero-order chi connectivity index (χ0) is 24.3. The first-order valence-electron chi connectivity index (χ1n) is 12.4. The molecule has 1 atom stereocenters. The van der Waals surface area contributed by atoms with E-state index in [0.717, 1.165) is 36.8 Å². The lowest BCUT2D eigenvalue weighted by Crippen LogP contribution is -2.51. The van der Waals surface area contributed by atoms with E-state index in [2.05, 4.69) is 5.32 Å². The van der Waals surface area contributed by atoms with Gasteiger partial charge in [-0.1, -0.05) is 62.6 Å². The van der Waals surface area contributed by atoms with Gasteiger partial charge >= 0.3 is 0 Å². The van der Waals surface area contributed by atoms with Gasteiger partial charge < -0.3 is 19.7 Å². The molecule has 0 radical (unpaired) electrons. The van der Waals surface area contributed by atoms with E-state index in [4.69, 9.17) is 9.47 Å². The number of rotatable bonds is 11. The first-order valence-corrected chi connectivity index (χ1v) is 12.4. The van der Waals surface area contributed by atoms with E-state index < -0.39 is 6.04 Å². The summed E-state index contributed by atoms with van der Waals surface area (Å²) >= 11 is 0. The van der Waals surface area contributed by atoms with Gasteiger partial charge in [0.15, 0.2) is 11.5 Å². The molecule has 6 heteroatoms. The van der Waals surface area contributed by atoms with Crippen LogP contribution >= 0.6 is 0 Å². The SMILES string of the molecule is CC[C@@H](C(=O)NC1CCCCC1)N(Cc1ccccc1)C(=O)CCc1ccc(OC)c(OC)c1. The Kier molecular flexibility index (Phi) is 9.80. The van der Waals surface area contributed by atoms with E-state index in [1.54, 1.807) is 19.1 Å². The molecule has 184 valence electrons. The molecule has 1 saturated carbocycles. The second-order valence-corrected chi connectivity index (χ2v) is 8.96. The topological polar surface area (TPSA) is 67.9 Å². The number of hydrogen-bond donors (Lipinski definition) is 1. The second kappa shape index (κ2) is 13.0. The van der Waals surface area contributed by atoms with Crippen molar-refractivity contribution in [3.63, 3.8) is 0 Å². The Morgan fingerprint density at radius 1 is 0.971 bits per heavy atom. The maximum Gasteiger partial charge on any atom is 0.243 e. The van der Waals surface area contributed by atoms with Crippen molar-refractivity contribution in [3.05, 3.63) is 59.7 Å². The molecule has 3 rings (SSSR count). The summed E-state index contributed by atoms with van der Waals surface area (Å²) in [5.74, 6) is 1.25. The Morgan fingerprint density at radius 3 is 2.32 bits per heavy atom. The first-order chi connectivity index (χ1) is 16.5. The minimum Gasteiger partial charge on any atom is -0.493 e. The summed E-state index contributed by atoms with van der Waals surface area (Å²) in [6.45, 7) is 2.40. The highest BCUT2D eigenvalue weighted by Crippen LogP contribution is 2.28. The minimum atomic E-state index is -0.486. The van der Waals surface area contributed by atoms with Crippen molar-refractivity contribution in [3.8, 4) is 11.5 Å². The standard InChI is InChI=1S/C28H38N2O4/c1-4-24(28(32)29-23-13-9-6-10-14-23)30(20-22-11-7-5-8-12-22)27(31)18-16-21-15-17-25(33-2)26(19-21)34-3/h5,7-8,11-12,15,17,19,23-24H,4,6,9-10,13-14,16,18,20H2,1-3H3,(H,29,32)/t24-/m0/s1. The van der Waals surface area contributed by atoms with Crippen molar-refractivity contribution < 1.29 is 19.1 Å². The van der Waals surface area contributed by atoms with Crippen LogP contribution in [-0.4, -0.2) is 43.0 Å². The van der Waals surface area contributed by atoms with Gasteiger partial charge in [0.25, 0.3) is 0 Å². The van der Waals surface area contributed by atoms with Crippen LogP contribution in [0.1, 0.15) is 63.0 Å². The molecule has 6 nitrogen and oxygen atoms in total. The van der Waals surface area contributed by atoms with Crippen molar-refractivity contribution in [1.82, 2.24) is 10.2 Å². The van der Waals surface area contributed by atoms with Gasteiger partial charge in [0, 0.05) is 19.0 Å². The van der Waals surface area contributed by atoms with Gasteiger partial charge in [-0.05, 0) is 48.9 Å². The van der Waals surface area contributed by atoms with E-state index >= 15 is 0 Å². The number of carbonyl (C=O) groups is 2. The van der Waals surface area contributed by atoms with Crippen LogP contribution in [0.5, 0.6) is 11.5 Å². The Bertz CT molecular complexity index is 925. The average Bonchev–Trinajstić information content (AvgIpc) is 2.88. The number of hydrogen-bond acceptors (Lipinski definition) is 4. The molecule has 0 bridgehead atoms. The van der Waals surface area contributed by atoms with Gasteiger partial charge in [0.05, 0.1) is 14.2 Å². The van der Waals surface area contributed by atoms with Crippen LogP contribution in [-0.2, 0) is 22.6 Å². The zero-order valence-electron chi connectivity index (χ0n) is 20.7. The van der Waals surface area contributed by atoms with Crippen LogP contribution in [0.4, 0.5) is 0 Å². The molecule has 1 aliphatic rings. The van der Waals surface area contributed by atoms with Gasteiger partial charge in [-0.3, -0.25) is 9.59 Å². The molecule has 1 N–H and O–H groups in total. The van der Waals surface area contributed by atoms with Crippen molar-refractivity contribution in [2.24, 2.45) is 0 Å². The molecule has 0 heterocycles. The van der Waals surface area contributed by atoms with Crippen LogP contribution in [0.15, 0.2) is 48.5 Å². The minimum absolute atomic E-state index is 0.0238. The lowest BCUT2D eigenvalue weighted by Gasteiger charge is -2.33. The smallest absolute Gasteiger partial charge is 0.243 e. The summed E-state index contributed by atoms with van der Waals surface area (Å²) in [5, 5.41) is 3.23. The normalized spacial score (nSPS) is 14.8. The third-order valence-electron chi connectivity index (χ3n) is 6.61. The Morgan fingerprint density at radius 2 is 1.68 bits per heavy atom. The molecule has 2 aromatic rings. The lowest BCUT2D eigenvalue weighted by atomic mass is 9.95. The molecule has 0 aliphatic heterocycles. The summed E-state index contributed by atoms with van der Waals surface area (Å²) in [4.78, 5) is 28.5. The van der Waals surface area contributed by atoms with Gasteiger partial charge in [0.2, 0.25) is 11.8 Å². The van der Waals surface area contributed by atoms with E-state index in [9.17, 15) is 9.59 Å². The van der Waals surface area contributed by atoms with Crippen LogP contribution in [0.2, 0.25) is 0 Å². The molecular weight excluding hydrogens is 428 g/mol. The summed E-state index contributed by atoms with van der Waals surface area (Å²) in [7, 11) is 3.21. The van der Waals surface area contributed by atoms with Crippen LogP contribution in [0.3, 0.4) is 0 Å². The van der Waals surface area contributed by atoms with Crippen molar-refractivity contribution >= 4 is 11.8 Å². The van der Waals surface area contributed by atoms with E-state index in [-0.39, 0.29) is 17.9 Å².